The predicted molar refractivity (Wildman–Crippen MR) is 205 cm³/mol. The molecule has 0 bridgehead atoms. The number of hydrogen-bond acceptors (Lipinski definition) is 0. The summed E-state index contributed by atoms with van der Waals surface area (Å²) in [6.45, 7) is 18.4. The Morgan fingerprint density at radius 3 is 1.23 bits per heavy atom. The van der Waals surface area contributed by atoms with Gasteiger partial charge in [-0.2, -0.15) is 0 Å². The SMILES string of the molecule is CC(C)(C)c1ccc2c(c1)C(C)(C)c1ccccc1-2.CC(C)(C)c1ccc2c(c1)C(c1ccccc1)(c1ccccc1)c1ccccc1-2. The molecular formula is C48H48. The summed E-state index contributed by atoms with van der Waals surface area (Å²) >= 11 is 0. The minimum absolute atomic E-state index is 0.100. The normalized spacial score (nSPS) is 15.0. The molecule has 0 unspecified atom stereocenters. The Bertz CT molecular complexity index is 2060. The summed E-state index contributed by atoms with van der Waals surface area (Å²) in [5.74, 6) is 0. The van der Waals surface area contributed by atoms with Crippen molar-refractivity contribution in [1.82, 2.24) is 0 Å². The number of rotatable bonds is 2. The fourth-order valence-corrected chi connectivity index (χ4v) is 8.08. The van der Waals surface area contributed by atoms with Crippen LogP contribution in [0, 0.1) is 0 Å². The average Bonchev–Trinajstić information content (AvgIpc) is 3.51. The summed E-state index contributed by atoms with van der Waals surface area (Å²) < 4.78 is 0. The number of fused-ring (bicyclic) bond motifs is 6. The van der Waals surface area contributed by atoms with Crippen LogP contribution in [0.15, 0.2) is 146 Å². The van der Waals surface area contributed by atoms with Crippen LogP contribution < -0.4 is 0 Å². The highest BCUT2D eigenvalue weighted by atomic mass is 14.5. The molecule has 0 heteroatoms. The first-order chi connectivity index (χ1) is 22.8. The number of benzene rings is 6. The molecule has 0 saturated heterocycles. The summed E-state index contributed by atoms with van der Waals surface area (Å²) in [5, 5.41) is 0. The summed E-state index contributed by atoms with van der Waals surface area (Å²) in [6.07, 6.45) is 0. The topological polar surface area (TPSA) is 0 Å². The second-order valence-corrected chi connectivity index (χ2v) is 16.2. The molecule has 0 fully saturated rings. The van der Waals surface area contributed by atoms with Crippen molar-refractivity contribution < 1.29 is 0 Å². The minimum atomic E-state index is -0.296. The first-order valence-corrected chi connectivity index (χ1v) is 17.5. The van der Waals surface area contributed by atoms with Crippen LogP contribution in [0.1, 0.15) is 99.9 Å². The van der Waals surface area contributed by atoms with Crippen molar-refractivity contribution in [3.63, 3.8) is 0 Å². The highest BCUT2D eigenvalue weighted by molar-refractivity contribution is 5.86. The fourth-order valence-electron chi connectivity index (χ4n) is 8.08. The van der Waals surface area contributed by atoms with Gasteiger partial charge in [-0.3, -0.25) is 0 Å². The molecule has 0 amide bonds. The lowest BCUT2D eigenvalue weighted by Crippen LogP contribution is -2.29. The van der Waals surface area contributed by atoms with E-state index in [-0.39, 0.29) is 21.7 Å². The van der Waals surface area contributed by atoms with E-state index in [4.69, 9.17) is 0 Å². The Morgan fingerprint density at radius 1 is 0.354 bits per heavy atom. The average molecular weight is 625 g/mol. The highest BCUT2D eigenvalue weighted by Crippen LogP contribution is 2.56. The van der Waals surface area contributed by atoms with Crippen molar-refractivity contribution in [1.29, 1.82) is 0 Å². The quantitative estimate of drug-likeness (QED) is 0.179. The molecule has 6 aromatic carbocycles. The molecule has 240 valence electrons. The van der Waals surface area contributed by atoms with E-state index in [1.54, 1.807) is 0 Å². The molecule has 0 atom stereocenters. The van der Waals surface area contributed by atoms with Crippen molar-refractivity contribution in [3.05, 3.63) is 190 Å². The second-order valence-electron chi connectivity index (χ2n) is 16.2. The summed E-state index contributed by atoms with van der Waals surface area (Å²) in [6, 6.07) is 53.8. The third-order valence-electron chi connectivity index (χ3n) is 10.8. The van der Waals surface area contributed by atoms with Crippen LogP contribution >= 0.6 is 0 Å². The molecule has 0 aliphatic heterocycles. The molecule has 0 N–H and O–H groups in total. The minimum Gasteiger partial charge on any atom is -0.0622 e. The van der Waals surface area contributed by atoms with Gasteiger partial charge < -0.3 is 0 Å². The second kappa shape index (κ2) is 11.5. The van der Waals surface area contributed by atoms with Crippen molar-refractivity contribution in [2.24, 2.45) is 0 Å². The van der Waals surface area contributed by atoms with Gasteiger partial charge in [0.15, 0.2) is 0 Å². The lowest BCUT2D eigenvalue weighted by Gasteiger charge is -2.34. The fraction of sp³-hybridized carbons (Fsp3) is 0.250. The zero-order valence-electron chi connectivity index (χ0n) is 29.9. The smallest absolute Gasteiger partial charge is 0.0622 e. The van der Waals surface area contributed by atoms with E-state index in [0.29, 0.717) is 0 Å². The third-order valence-corrected chi connectivity index (χ3v) is 10.8. The van der Waals surface area contributed by atoms with Crippen LogP contribution in [0.25, 0.3) is 22.3 Å². The monoisotopic (exact) mass is 624 g/mol. The lowest BCUT2D eigenvalue weighted by molar-refractivity contribution is 0.584. The van der Waals surface area contributed by atoms with Crippen LogP contribution in [0.3, 0.4) is 0 Å². The molecule has 0 nitrogen and oxygen atoms in total. The van der Waals surface area contributed by atoms with Gasteiger partial charge >= 0.3 is 0 Å². The van der Waals surface area contributed by atoms with Gasteiger partial charge in [0.1, 0.15) is 0 Å². The van der Waals surface area contributed by atoms with E-state index >= 15 is 0 Å². The van der Waals surface area contributed by atoms with Gasteiger partial charge in [0.05, 0.1) is 5.41 Å². The number of hydrogen-bond donors (Lipinski definition) is 0. The van der Waals surface area contributed by atoms with Crippen molar-refractivity contribution in [3.8, 4) is 22.3 Å². The van der Waals surface area contributed by atoms with Gasteiger partial charge in [-0.1, -0.05) is 201 Å². The van der Waals surface area contributed by atoms with E-state index in [1.807, 2.05) is 0 Å². The molecule has 0 saturated carbocycles. The molecule has 0 heterocycles. The Hall–Kier alpha value is -4.68. The Balaban J connectivity index is 0.000000166. The maximum atomic E-state index is 2.45. The van der Waals surface area contributed by atoms with Gasteiger partial charge in [0.2, 0.25) is 0 Å². The molecule has 2 aliphatic carbocycles. The van der Waals surface area contributed by atoms with E-state index < -0.39 is 0 Å². The molecule has 2 aliphatic rings. The van der Waals surface area contributed by atoms with Gasteiger partial charge in [0, 0.05) is 5.41 Å². The van der Waals surface area contributed by atoms with Crippen LogP contribution in [0.5, 0.6) is 0 Å². The van der Waals surface area contributed by atoms with Gasteiger partial charge in [0.25, 0.3) is 0 Å². The van der Waals surface area contributed by atoms with Gasteiger partial charge in [-0.05, 0) is 77.6 Å². The molecule has 0 spiro atoms. The molecule has 6 aromatic rings. The molecule has 48 heavy (non-hydrogen) atoms. The predicted octanol–water partition coefficient (Wildman–Crippen LogP) is 12.6. The summed E-state index contributed by atoms with van der Waals surface area (Å²) in [7, 11) is 0. The van der Waals surface area contributed by atoms with Crippen molar-refractivity contribution in [2.45, 2.75) is 77.0 Å². The van der Waals surface area contributed by atoms with E-state index in [1.165, 1.54) is 66.8 Å². The van der Waals surface area contributed by atoms with E-state index in [2.05, 4.69) is 201 Å². The molecular weight excluding hydrogens is 577 g/mol. The Kier molecular flexibility index (Phi) is 7.63. The third kappa shape index (κ3) is 5.05. The zero-order chi connectivity index (χ0) is 33.9. The molecule has 8 rings (SSSR count). The van der Waals surface area contributed by atoms with Crippen molar-refractivity contribution >= 4 is 0 Å². The van der Waals surface area contributed by atoms with E-state index in [9.17, 15) is 0 Å². The Morgan fingerprint density at radius 2 is 0.729 bits per heavy atom. The molecule has 0 aromatic heterocycles. The summed E-state index contributed by atoms with van der Waals surface area (Å²) in [5.41, 5.74) is 16.8. The largest absolute Gasteiger partial charge is 0.0713 e. The zero-order valence-corrected chi connectivity index (χ0v) is 29.9. The standard InChI is InChI=1S/C29H26.C19H22/c1-28(2,3)23-18-19-25-24-16-10-11-17-26(24)29(27(25)20-23,21-12-6-4-7-13-21)22-14-8-5-9-15-22;1-18(2,3)13-10-11-15-14-8-6-7-9-16(14)19(4,5)17(15)12-13/h4-20H,1-3H3;6-12H,1-5H3. The van der Waals surface area contributed by atoms with E-state index in [0.717, 1.165) is 0 Å². The maximum absolute atomic E-state index is 2.45. The summed E-state index contributed by atoms with van der Waals surface area (Å²) in [4.78, 5) is 0. The first kappa shape index (κ1) is 31.9. The maximum Gasteiger partial charge on any atom is 0.0713 e. The van der Waals surface area contributed by atoms with Gasteiger partial charge in [-0.25, -0.2) is 0 Å². The van der Waals surface area contributed by atoms with Gasteiger partial charge in [-0.15, -0.1) is 0 Å². The van der Waals surface area contributed by atoms with Crippen LogP contribution in [-0.4, -0.2) is 0 Å². The highest BCUT2D eigenvalue weighted by Gasteiger charge is 2.46. The molecule has 0 radical (unpaired) electrons. The van der Waals surface area contributed by atoms with Crippen LogP contribution in [0.2, 0.25) is 0 Å². The lowest BCUT2D eigenvalue weighted by atomic mass is 9.67. The Labute approximate surface area is 288 Å². The van der Waals surface area contributed by atoms with Crippen LogP contribution in [-0.2, 0) is 21.7 Å². The van der Waals surface area contributed by atoms with Crippen LogP contribution in [0.4, 0.5) is 0 Å². The van der Waals surface area contributed by atoms with Crippen molar-refractivity contribution in [2.75, 3.05) is 0 Å². The first-order valence-electron chi connectivity index (χ1n) is 17.5.